The predicted octanol–water partition coefficient (Wildman–Crippen LogP) is 0.796. The Balaban J connectivity index is 1.000. The number of carboxylic acid groups (broad SMARTS) is 2. The van der Waals surface area contributed by atoms with E-state index in [2.05, 4.69) is 27.7 Å². The van der Waals surface area contributed by atoms with Crippen molar-refractivity contribution in [2.45, 2.75) is 205 Å². The maximum atomic E-state index is 15.1. The third-order valence-corrected chi connectivity index (χ3v) is 20.0. The average molecular weight is 981 g/mol. The molecule has 0 aromatic carbocycles. The highest BCUT2D eigenvalue weighted by molar-refractivity contribution is 5.96. The van der Waals surface area contributed by atoms with Crippen molar-refractivity contribution in [2.75, 3.05) is 6.61 Å². The minimum atomic E-state index is -2.16. The van der Waals surface area contributed by atoms with E-state index in [-0.39, 0.29) is 46.3 Å². The van der Waals surface area contributed by atoms with E-state index < -0.39 is 132 Å². The second kappa shape index (κ2) is 17.2. The van der Waals surface area contributed by atoms with E-state index in [1.807, 2.05) is 26.8 Å². The van der Waals surface area contributed by atoms with Gasteiger partial charge in [-0.3, -0.25) is 9.59 Å². The number of carboxylic acids is 2. The smallest absolute Gasteiger partial charge is 0.335 e. The third-order valence-electron chi connectivity index (χ3n) is 20.0. The standard InChI is InChI=1S/C49H72O20/c1-19-26(51)27(52)32(57)40(64-19)68-36-31(56)29(54)34(39(60)61)67-42(36)69-35-30(55)28(53)33(38(58)59)66-41(35)65-25-10-11-47(6)24(44(25,2)3)9-12-49(8)37(47)23(50)15-21-22-17-45(4)16-20(18-63-43(45)62)46(22,5)13-14-48(21,49)7/h15,19-20,22,24-37,40-42,51-57H,9-14,16-18H2,1-8H3,(H,58,59)(H,60,61)/t19-,20-,22-,24+,25+,26-,27+,28+,29-,30+,31-,32+,33+,34-,35-,36+,37-,40-,41-,42-,45-,46+,47+,48-,49-/m0/s1. The molecule has 20 nitrogen and oxygen atoms in total. The molecule has 4 heterocycles. The monoisotopic (exact) mass is 980 g/mol. The Bertz CT molecular complexity index is 2100. The summed E-state index contributed by atoms with van der Waals surface area (Å²) in [7, 11) is 0. The number of fused-ring (bicyclic) bond motifs is 10. The fraction of sp³-hybridized carbons (Fsp3) is 0.878. The number of rotatable bonds is 8. The Labute approximate surface area is 400 Å². The van der Waals surface area contributed by atoms with E-state index >= 15 is 4.79 Å². The summed E-state index contributed by atoms with van der Waals surface area (Å²) in [6.45, 7) is 16.9. The SMILES string of the molecule is C[C@@H]1O[C@@H](O[C@H]2[C@H](O[C@@H]3[C@@H](O[C@@H]4CC[C@]5(C)[C@H](CC[C@@]6(C)[C@H]5C(=O)C=C5[C@@H]7C[C@]8(C)C[C@@H](COC8=O)[C@@]7(C)CC[C@@]56C)C4(C)C)O[C@@H](C(=O)O)[C@H](O)[C@H]3O)O[C@H](C(=O)O)[C@@H](O)[C@@H]2O)[C@H](O)[C@H](O)[C@H]1O. The lowest BCUT2D eigenvalue weighted by Gasteiger charge is -2.71. The van der Waals surface area contributed by atoms with Crippen molar-refractivity contribution >= 4 is 23.7 Å². The zero-order valence-corrected chi connectivity index (χ0v) is 40.5. The number of aliphatic hydroxyl groups excluding tert-OH is 7. The number of cyclic esters (lactones) is 1. The molecule has 0 aromatic rings. The predicted molar refractivity (Wildman–Crippen MR) is 233 cm³/mol. The molecule has 0 amide bonds. The van der Waals surface area contributed by atoms with Gasteiger partial charge in [0.2, 0.25) is 0 Å². The van der Waals surface area contributed by atoms with Gasteiger partial charge in [-0.05, 0) is 110 Å². The molecule has 2 bridgehead atoms. The van der Waals surface area contributed by atoms with Crippen molar-refractivity contribution in [3.8, 4) is 0 Å². The lowest BCUT2D eigenvalue weighted by atomic mass is 9.33. The molecular weight excluding hydrogens is 909 g/mol. The topological polar surface area (TPSA) is 315 Å². The molecule has 4 aliphatic heterocycles. The number of allylic oxidation sites excluding steroid dienone is 2. The average Bonchev–Trinajstić information content (AvgIpc) is 3.27. The third kappa shape index (κ3) is 7.54. The molecule has 9 N–H and O–H groups in total. The molecule has 4 saturated heterocycles. The van der Waals surface area contributed by atoms with Crippen molar-refractivity contribution in [3.63, 3.8) is 0 Å². The number of carbonyl (C=O) groups is 4. The summed E-state index contributed by atoms with van der Waals surface area (Å²) < 4.78 is 41.4. The quantitative estimate of drug-likeness (QED) is 0.120. The van der Waals surface area contributed by atoms with Crippen LogP contribution in [0.4, 0.5) is 0 Å². The van der Waals surface area contributed by atoms with Crippen LogP contribution in [0.15, 0.2) is 11.6 Å². The molecule has 0 unspecified atom stereocenters. The van der Waals surface area contributed by atoms with Gasteiger partial charge in [-0.1, -0.05) is 47.1 Å². The van der Waals surface area contributed by atoms with Crippen LogP contribution in [0, 0.1) is 56.2 Å². The highest BCUT2D eigenvalue weighted by atomic mass is 16.8. The van der Waals surface area contributed by atoms with Crippen LogP contribution in [-0.4, -0.2) is 174 Å². The molecule has 0 radical (unpaired) electrons. The lowest BCUT2D eigenvalue weighted by molar-refractivity contribution is -0.392. The Morgan fingerprint density at radius 1 is 0.638 bits per heavy atom. The molecule has 5 aliphatic carbocycles. The number of carbonyl (C=O) groups excluding carboxylic acids is 2. The van der Waals surface area contributed by atoms with Gasteiger partial charge >= 0.3 is 17.9 Å². The van der Waals surface area contributed by atoms with Gasteiger partial charge in [0.1, 0.15) is 54.9 Å². The molecule has 69 heavy (non-hydrogen) atoms. The highest BCUT2D eigenvalue weighted by Gasteiger charge is 2.72. The summed E-state index contributed by atoms with van der Waals surface area (Å²) in [5.74, 6) is -3.72. The van der Waals surface area contributed by atoms with Crippen LogP contribution in [0.5, 0.6) is 0 Å². The number of ether oxygens (including phenoxy) is 7. The molecular formula is C49H72O20. The Morgan fingerprint density at radius 2 is 1.22 bits per heavy atom. The zero-order chi connectivity index (χ0) is 50.5. The van der Waals surface area contributed by atoms with E-state index in [1.54, 1.807) is 0 Å². The van der Waals surface area contributed by atoms with Crippen LogP contribution in [-0.2, 0) is 52.3 Å². The van der Waals surface area contributed by atoms with Gasteiger partial charge in [0.15, 0.2) is 36.9 Å². The van der Waals surface area contributed by atoms with E-state index in [1.165, 1.54) is 6.92 Å². The van der Waals surface area contributed by atoms with Crippen molar-refractivity contribution < 1.29 is 98.3 Å². The van der Waals surface area contributed by atoms with E-state index in [4.69, 9.17) is 33.2 Å². The zero-order valence-electron chi connectivity index (χ0n) is 40.5. The van der Waals surface area contributed by atoms with Gasteiger partial charge in [0.05, 0.1) is 24.2 Å². The second-order valence-electron chi connectivity index (χ2n) is 24.0. The van der Waals surface area contributed by atoms with Crippen LogP contribution in [0.25, 0.3) is 0 Å². The molecule has 8 fully saturated rings. The maximum Gasteiger partial charge on any atom is 0.335 e. The Kier molecular flexibility index (Phi) is 12.8. The highest BCUT2D eigenvalue weighted by Crippen LogP contribution is 2.76. The number of ketones is 1. The molecule has 25 atom stereocenters. The first-order valence-electron chi connectivity index (χ1n) is 24.6. The molecule has 388 valence electrons. The lowest BCUT2D eigenvalue weighted by Crippen LogP contribution is -2.69. The van der Waals surface area contributed by atoms with Gasteiger partial charge in [-0.25, -0.2) is 9.59 Å². The maximum absolute atomic E-state index is 15.1. The number of aliphatic carboxylic acids is 2. The van der Waals surface area contributed by atoms with E-state index in [0.717, 1.165) is 24.8 Å². The van der Waals surface area contributed by atoms with Crippen LogP contribution in [0.2, 0.25) is 0 Å². The van der Waals surface area contributed by atoms with E-state index in [9.17, 15) is 60.3 Å². The molecule has 4 saturated carbocycles. The molecule has 9 rings (SSSR count). The van der Waals surface area contributed by atoms with Crippen molar-refractivity contribution in [2.24, 2.45) is 56.2 Å². The van der Waals surface area contributed by atoms with Crippen LogP contribution >= 0.6 is 0 Å². The second-order valence-corrected chi connectivity index (χ2v) is 24.0. The molecule has 9 aliphatic rings. The number of aliphatic hydroxyl groups is 7. The first kappa shape index (κ1) is 51.2. The minimum absolute atomic E-state index is 0.0526. The fourth-order valence-corrected chi connectivity index (χ4v) is 15.7. The summed E-state index contributed by atoms with van der Waals surface area (Å²) in [6, 6.07) is 0. The number of hydrogen-bond donors (Lipinski definition) is 9. The summed E-state index contributed by atoms with van der Waals surface area (Å²) in [6.07, 6.45) is -22.0. The van der Waals surface area contributed by atoms with Crippen molar-refractivity contribution in [3.05, 3.63) is 11.6 Å². The van der Waals surface area contributed by atoms with Gasteiger partial charge in [0, 0.05) is 11.8 Å². The summed E-state index contributed by atoms with van der Waals surface area (Å²) in [5.41, 5.74) is -1.63. The minimum Gasteiger partial charge on any atom is -0.479 e. The first-order valence-corrected chi connectivity index (χ1v) is 24.6. The van der Waals surface area contributed by atoms with Crippen molar-refractivity contribution in [1.29, 1.82) is 0 Å². The normalized spacial score (nSPS) is 54.7. The fourth-order valence-electron chi connectivity index (χ4n) is 15.7. The van der Waals surface area contributed by atoms with Crippen LogP contribution < -0.4 is 0 Å². The summed E-state index contributed by atoms with van der Waals surface area (Å²) in [4.78, 5) is 53.1. The molecule has 20 heteroatoms. The van der Waals surface area contributed by atoms with Gasteiger partial charge in [-0.15, -0.1) is 0 Å². The molecule has 0 spiro atoms. The Morgan fingerprint density at radius 3 is 1.81 bits per heavy atom. The van der Waals surface area contributed by atoms with Crippen LogP contribution in [0.3, 0.4) is 0 Å². The van der Waals surface area contributed by atoms with Gasteiger partial charge in [0.25, 0.3) is 0 Å². The molecule has 0 aromatic heterocycles. The van der Waals surface area contributed by atoms with Gasteiger partial charge < -0.3 is 79.1 Å². The first-order chi connectivity index (χ1) is 32.1. The summed E-state index contributed by atoms with van der Waals surface area (Å²) >= 11 is 0. The summed E-state index contributed by atoms with van der Waals surface area (Å²) in [5, 5.41) is 96.4. The van der Waals surface area contributed by atoms with E-state index in [0.29, 0.717) is 38.7 Å². The number of hydrogen-bond acceptors (Lipinski definition) is 18. The largest absolute Gasteiger partial charge is 0.479 e. The number of esters is 1. The Hall–Kier alpha value is -2.70. The van der Waals surface area contributed by atoms with Crippen molar-refractivity contribution in [1.82, 2.24) is 0 Å². The van der Waals surface area contributed by atoms with Crippen LogP contribution in [0.1, 0.15) is 107 Å². The van der Waals surface area contributed by atoms with Gasteiger partial charge in [-0.2, -0.15) is 0 Å².